The molecule has 1 aliphatic rings. The van der Waals surface area contributed by atoms with Gasteiger partial charge in [-0.25, -0.2) is 0 Å². The van der Waals surface area contributed by atoms with Crippen LogP contribution in [0, 0.1) is 0 Å². The number of hydrogen-bond acceptors (Lipinski definition) is 4. The zero-order valence-electron chi connectivity index (χ0n) is 13.2. The van der Waals surface area contributed by atoms with Crippen LogP contribution >= 0.6 is 12.4 Å². The quantitative estimate of drug-likeness (QED) is 0.901. The summed E-state index contributed by atoms with van der Waals surface area (Å²) in [5.41, 5.74) is 6.31. The molecule has 6 heteroatoms. The Labute approximate surface area is 138 Å². The van der Waals surface area contributed by atoms with E-state index in [-0.39, 0.29) is 24.4 Å². The molecule has 0 aliphatic carbocycles. The number of carbonyl (C=O) groups is 1. The van der Waals surface area contributed by atoms with Crippen molar-refractivity contribution in [2.24, 2.45) is 5.73 Å². The molecule has 1 aromatic carbocycles. The summed E-state index contributed by atoms with van der Waals surface area (Å²) in [5, 5.41) is 0. The smallest absolute Gasteiger partial charge is 0.254 e. The number of benzene rings is 1. The first kappa shape index (κ1) is 18.6. The maximum absolute atomic E-state index is 12.7. The minimum atomic E-state index is 0. The maximum Gasteiger partial charge on any atom is 0.254 e. The van der Waals surface area contributed by atoms with E-state index in [2.05, 4.69) is 0 Å². The number of ether oxygens (including phenoxy) is 2. The number of hydrogen-bond donors (Lipinski definition) is 1. The summed E-state index contributed by atoms with van der Waals surface area (Å²) in [6, 6.07) is 5.56. The standard InChI is InChI=1S/C16H24N2O3.ClH/c1-20-14-7-6-12(11-15(14)21-2)16(19)18-10-4-3-5-13(18)8-9-17;/h6-7,11,13H,3-5,8-10,17H2,1-2H3;1H. The van der Waals surface area contributed by atoms with E-state index in [1.165, 1.54) is 6.42 Å². The van der Waals surface area contributed by atoms with Gasteiger partial charge in [-0.05, 0) is 50.4 Å². The molecule has 1 aromatic rings. The fourth-order valence-corrected chi connectivity index (χ4v) is 2.90. The Morgan fingerprint density at radius 1 is 1.27 bits per heavy atom. The van der Waals surface area contributed by atoms with Gasteiger partial charge in [-0.3, -0.25) is 4.79 Å². The molecule has 0 aromatic heterocycles. The van der Waals surface area contributed by atoms with Crippen LogP contribution in [0.1, 0.15) is 36.0 Å². The molecule has 0 spiro atoms. The largest absolute Gasteiger partial charge is 0.493 e. The summed E-state index contributed by atoms with van der Waals surface area (Å²) >= 11 is 0. The molecule has 1 amide bonds. The summed E-state index contributed by atoms with van der Waals surface area (Å²) in [6.07, 6.45) is 4.12. The predicted molar refractivity (Wildman–Crippen MR) is 89.1 cm³/mol. The van der Waals surface area contributed by atoms with Crippen molar-refractivity contribution < 1.29 is 14.3 Å². The highest BCUT2D eigenvalue weighted by Gasteiger charge is 2.27. The van der Waals surface area contributed by atoms with E-state index < -0.39 is 0 Å². The van der Waals surface area contributed by atoms with Gasteiger partial charge in [-0.15, -0.1) is 12.4 Å². The SMILES string of the molecule is COc1ccc(C(=O)N2CCCCC2CCN)cc1OC.Cl. The highest BCUT2D eigenvalue weighted by atomic mass is 35.5. The number of halogens is 1. The average molecular weight is 329 g/mol. The Balaban J connectivity index is 0.00000242. The van der Waals surface area contributed by atoms with Crippen LogP contribution in [0.25, 0.3) is 0 Å². The Bertz CT molecular complexity index is 494. The fourth-order valence-electron chi connectivity index (χ4n) is 2.90. The second kappa shape index (κ2) is 8.86. The summed E-state index contributed by atoms with van der Waals surface area (Å²) in [4.78, 5) is 14.7. The predicted octanol–water partition coefficient (Wildman–Crippen LogP) is 2.47. The van der Waals surface area contributed by atoms with E-state index in [1.54, 1.807) is 32.4 Å². The summed E-state index contributed by atoms with van der Waals surface area (Å²) < 4.78 is 10.5. The van der Waals surface area contributed by atoms with Crippen molar-refractivity contribution in [2.75, 3.05) is 27.3 Å². The van der Waals surface area contributed by atoms with Gasteiger partial charge in [0.1, 0.15) is 0 Å². The van der Waals surface area contributed by atoms with Crippen molar-refractivity contribution in [3.8, 4) is 11.5 Å². The lowest BCUT2D eigenvalue weighted by Crippen LogP contribution is -2.44. The molecule has 1 fully saturated rings. The van der Waals surface area contributed by atoms with Crippen LogP contribution in [-0.4, -0.2) is 44.2 Å². The van der Waals surface area contributed by atoms with Crippen LogP contribution in [0.3, 0.4) is 0 Å². The van der Waals surface area contributed by atoms with Gasteiger partial charge in [0, 0.05) is 18.2 Å². The molecule has 5 nitrogen and oxygen atoms in total. The van der Waals surface area contributed by atoms with Gasteiger partial charge in [0.2, 0.25) is 0 Å². The Kier molecular flexibility index (Phi) is 7.48. The number of nitrogens with zero attached hydrogens (tertiary/aromatic N) is 1. The monoisotopic (exact) mass is 328 g/mol. The molecule has 1 saturated heterocycles. The number of nitrogens with two attached hydrogens (primary N) is 1. The molecule has 124 valence electrons. The van der Waals surface area contributed by atoms with Gasteiger partial charge in [-0.2, -0.15) is 0 Å². The van der Waals surface area contributed by atoms with Crippen molar-refractivity contribution in [3.05, 3.63) is 23.8 Å². The molecule has 1 unspecified atom stereocenters. The van der Waals surface area contributed by atoms with Crippen LogP contribution in [0.15, 0.2) is 18.2 Å². The molecule has 2 rings (SSSR count). The molecule has 0 radical (unpaired) electrons. The van der Waals surface area contributed by atoms with E-state index in [9.17, 15) is 4.79 Å². The number of piperidine rings is 1. The minimum Gasteiger partial charge on any atom is -0.493 e. The number of rotatable bonds is 5. The highest BCUT2D eigenvalue weighted by molar-refractivity contribution is 5.95. The lowest BCUT2D eigenvalue weighted by Gasteiger charge is -2.35. The number of amides is 1. The third kappa shape index (κ3) is 4.05. The molecule has 1 heterocycles. The van der Waals surface area contributed by atoms with E-state index in [0.29, 0.717) is 23.6 Å². The molecule has 22 heavy (non-hydrogen) atoms. The summed E-state index contributed by atoms with van der Waals surface area (Å²) in [6.45, 7) is 1.41. The first-order valence-corrected chi connectivity index (χ1v) is 7.44. The van der Waals surface area contributed by atoms with Crippen LogP contribution < -0.4 is 15.2 Å². The van der Waals surface area contributed by atoms with Crippen molar-refractivity contribution >= 4 is 18.3 Å². The first-order valence-electron chi connectivity index (χ1n) is 7.44. The fraction of sp³-hybridized carbons (Fsp3) is 0.562. The molecule has 2 N–H and O–H groups in total. The van der Waals surface area contributed by atoms with E-state index in [1.807, 2.05) is 4.90 Å². The Morgan fingerprint density at radius 3 is 2.64 bits per heavy atom. The molecular weight excluding hydrogens is 304 g/mol. The molecular formula is C16H25ClN2O3. The minimum absolute atomic E-state index is 0. The second-order valence-corrected chi connectivity index (χ2v) is 5.30. The normalized spacial score (nSPS) is 17.6. The third-order valence-electron chi connectivity index (χ3n) is 4.02. The van der Waals surface area contributed by atoms with Crippen LogP contribution in [0.5, 0.6) is 11.5 Å². The Morgan fingerprint density at radius 2 is 2.00 bits per heavy atom. The number of likely N-dealkylation sites (tertiary alicyclic amines) is 1. The van der Waals surface area contributed by atoms with Crippen molar-refractivity contribution in [3.63, 3.8) is 0 Å². The molecule has 0 saturated carbocycles. The van der Waals surface area contributed by atoms with Crippen molar-refractivity contribution in [1.82, 2.24) is 4.90 Å². The lowest BCUT2D eigenvalue weighted by atomic mass is 9.98. The van der Waals surface area contributed by atoms with Gasteiger partial charge in [0.05, 0.1) is 14.2 Å². The second-order valence-electron chi connectivity index (χ2n) is 5.30. The van der Waals surface area contributed by atoms with Crippen LogP contribution in [-0.2, 0) is 0 Å². The summed E-state index contributed by atoms with van der Waals surface area (Å²) in [5.74, 6) is 1.26. The van der Waals surface area contributed by atoms with Crippen molar-refractivity contribution in [2.45, 2.75) is 31.7 Å². The van der Waals surface area contributed by atoms with Gasteiger partial charge in [0.15, 0.2) is 11.5 Å². The number of carbonyl (C=O) groups excluding carboxylic acids is 1. The van der Waals surface area contributed by atoms with Gasteiger partial charge in [-0.1, -0.05) is 0 Å². The topological polar surface area (TPSA) is 64.8 Å². The number of methoxy groups -OCH3 is 2. The van der Waals surface area contributed by atoms with Gasteiger partial charge < -0.3 is 20.1 Å². The molecule has 1 aliphatic heterocycles. The Hall–Kier alpha value is -1.46. The van der Waals surface area contributed by atoms with Crippen LogP contribution in [0.2, 0.25) is 0 Å². The van der Waals surface area contributed by atoms with Crippen molar-refractivity contribution in [1.29, 1.82) is 0 Å². The average Bonchev–Trinajstić information content (AvgIpc) is 2.54. The zero-order chi connectivity index (χ0) is 15.2. The maximum atomic E-state index is 12.7. The van der Waals surface area contributed by atoms with Gasteiger partial charge in [0.25, 0.3) is 5.91 Å². The first-order chi connectivity index (χ1) is 10.2. The van der Waals surface area contributed by atoms with E-state index in [0.717, 1.165) is 25.8 Å². The van der Waals surface area contributed by atoms with Gasteiger partial charge >= 0.3 is 0 Å². The lowest BCUT2D eigenvalue weighted by molar-refractivity contribution is 0.0604. The third-order valence-corrected chi connectivity index (χ3v) is 4.02. The molecule has 1 atom stereocenters. The van der Waals surface area contributed by atoms with E-state index in [4.69, 9.17) is 15.2 Å². The highest BCUT2D eigenvalue weighted by Crippen LogP contribution is 2.29. The molecule has 0 bridgehead atoms. The zero-order valence-corrected chi connectivity index (χ0v) is 14.0. The van der Waals surface area contributed by atoms with E-state index >= 15 is 0 Å². The van der Waals surface area contributed by atoms with Crippen LogP contribution in [0.4, 0.5) is 0 Å². The summed E-state index contributed by atoms with van der Waals surface area (Å²) in [7, 11) is 3.16.